The van der Waals surface area contributed by atoms with Crippen LogP contribution in [0.15, 0.2) is 21.9 Å². The van der Waals surface area contributed by atoms with Gasteiger partial charge >= 0.3 is 11.7 Å². The second-order valence-electron chi connectivity index (χ2n) is 5.74. The molecule has 1 fully saturated rings. The molecule has 0 aromatic carbocycles. The molecule has 3 rings (SSSR count). The Morgan fingerprint density at radius 2 is 2.33 bits per heavy atom. The summed E-state index contributed by atoms with van der Waals surface area (Å²) in [6, 6.07) is 1.41. The summed E-state index contributed by atoms with van der Waals surface area (Å²) < 4.78 is 12.0. The van der Waals surface area contributed by atoms with Gasteiger partial charge in [0.25, 0.3) is 5.56 Å². The van der Waals surface area contributed by atoms with E-state index in [1.165, 1.54) is 16.8 Å². The average molecular weight is 333 g/mol. The van der Waals surface area contributed by atoms with Gasteiger partial charge in [-0.3, -0.25) is 14.3 Å². The second-order valence-corrected chi connectivity index (χ2v) is 5.74. The Morgan fingerprint density at radius 3 is 3.04 bits per heavy atom. The van der Waals surface area contributed by atoms with Crippen molar-refractivity contribution in [3.05, 3.63) is 38.7 Å². The number of ether oxygens (including phenoxy) is 2. The number of rotatable bonds is 5. The fraction of sp³-hybridized carbons (Fsp3) is 0.500. The molecule has 1 atom stereocenters. The van der Waals surface area contributed by atoms with Crippen LogP contribution in [-0.2, 0) is 16.0 Å². The Bertz CT molecular complexity index is 864. The van der Waals surface area contributed by atoms with E-state index in [4.69, 9.17) is 9.47 Å². The number of esters is 1. The molecule has 0 saturated carbocycles. The van der Waals surface area contributed by atoms with Gasteiger partial charge in [-0.15, -0.1) is 0 Å². The lowest BCUT2D eigenvalue weighted by Crippen LogP contribution is -2.31. The number of nitrogens with one attached hydrogen (secondary N) is 1. The van der Waals surface area contributed by atoms with Gasteiger partial charge in [0.2, 0.25) is 0 Å². The van der Waals surface area contributed by atoms with E-state index in [1.54, 1.807) is 0 Å². The van der Waals surface area contributed by atoms with Gasteiger partial charge in [0.1, 0.15) is 12.3 Å². The molecule has 1 aliphatic heterocycles. The van der Waals surface area contributed by atoms with E-state index in [1.807, 2.05) is 6.92 Å². The van der Waals surface area contributed by atoms with Gasteiger partial charge in [-0.05, 0) is 25.3 Å². The third-order valence-electron chi connectivity index (χ3n) is 3.94. The first-order valence-corrected chi connectivity index (χ1v) is 8.01. The van der Waals surface area contributed by atoms with Gasteiger partial charge in [0.15, 0.2) is 0 Å². The number of hydrogen-bond donors (Lipinski definition) is 1. The highest BCUT2D eigenvalue weighted by molar-refractivity contribution is 5.92. The van der Waals surface area contributed by atoms with Crippen molar-refractivity contribution >= 4 is 17.0 Å². The molecule has 2 aromatic heterocycles. The summed E-state index contributed by atoms with van der Waals surface area (Å²) in [4.78, 5) is 42.4. The number of aromatic amines is 1. The third kappa shape index (κ3) is 3.23. The van der Waals surface area contributed by atoms with Crippen molar-refractivity contribution in [2.24, 2.45) is 0 Å². The number of fused-ring (bicyclic) bond motifs is 1. The summed E-state index contributed by atoms with van der Waals surface area (Å²) in [7, 11) is 0. The smallest absolute Gasteiger partial charge is 0.339 e. The second kappa shape index (κ2) is 6.96. The molecule has 0 unspecified atom stereocenters. The molecule has 0 spiro atoms. The molecular weight excluding hydrogens is 314 g/mol. The average Bonchev–Trinajstić information content (AvgIpc) is 3.09. The first kappa shape index (κ1) is 16.4. The first-order chi connectivity index (χ1) is 11.6. The van der Waals surface area contributed by atoms with Crippen molar-refractivity contribution < 1.29 is 14.3 Å². The highest BCUT2D eigenvalue weighted by Gasteiger charge is 2.19. The number of aryl methyl sites for hydroxylation is 1. The molecule has 1 aliphatic rings. The minimum absolute atomic E-state index is 0.0690. The van der Waals surface area contributed by atoms with Crippen molar-refractivity contribution in [1.29, 1.82) is 0 Å². The zero-order valence-corrected chi connectivity index (χ0v) is 13.4. The van der Waals surface area contributed by atoms with Crippen LogP contribution in [0.25, 0.3) is 11.0 Å². The number of nitrogens with zero attached hydrogens (tertiary/aromatic N) is 2. The quantitative estimate of drug-likeness (QED) is 0.813. The molecule has 0 radical (unpaired) electrons. The van der Waals surface area contributed by atoms with Crippen LogP contribution in [0.1, 0.15) is 36.5 Å². The predicted molar refractivity (Wildman–Crippen MR) is 86.2 cm³/mol. The normalized spacial score (nSPS) is 17.3. The molecule has 1 N–H and O–H groups in total. The zero-order chi connectivity index (χ0) is 17.1. The van der Waals surface area contributed by atoms with Gasteiger partial charge in [-0.2, -0.15) is 0 Å². The lowest BCUT2D eigenvalue weighted by Gasteiger charge is -2.11. The van der Waals surface area contributed by atoms with Gasteiger partial charge in [0.05, 0.1) is 17.1 Å². The highest BCUT2D eigenvalue weighted by atomic mass is 16.6. The highest BCUT2D eigenvalue weighted by Crippen LogP contribution is 2.14. The van der Waals surface area contributed by atoms with Gasteiger partial charge in [-0.1, -0.05) is 6.92 Å². The molecule has 0 bridgehead atoms. The Labute approximate surface area is 137 Å². The molecular formula is C16H19N3O5. The van der Waals surface area contributed by atoms with E-state index in [0.717, 1.165) is 12.8 Å². The van der Waals surface area contributed by atoms with Crippen molar-refractivity contribution in [1.82, 2.24) is 14.5 Å². The van der Waals surface area contributed by atoms with Crippen LogP contribution in [0, 0.1) is 0 Å². The largest absolute Gasteiger partial charge is 0.459 e. The molecule has 24 heavy (non-hydrogen) atoms. The van der Waals surface area contributed by atoms with Crippen molar-refractivity contribution in [3.8, 4) is 0 Å². The number of H-pyrrole nitrogens is 1. The van der Waals surface area contributed by atoms with E-state index >= 15 is 0 Å². The molecule has 0 amide bonds. The van der Waals surface area contributed by atoms with Gasteiger partial charge in [-0.25, -0.2) is 14.6 Å². The van der Waals surface area contributed by atoms with Crippen molar-refractivity contribution in [2.45, 2.75) is 38.8 Å². The summed E-state index contributed by atoms with van der Waals surface area (Å²) in [6.07, 6.45) is 3.80. The minimum atomic E-state index is -0.566. The Morgan fingerprint density at radius 1 is 1.50 bits per heavy atom. The van der Waals surface area contributed by atoms with Crippen LogP contribution in [0.5, 0.6) is 0 Å². The summed E-state index contributed by atoms with van der Waals surface area (Å²) in [5.74, 6) is -0.562. The van der Waals surface area contributed by atoms with E-state index in [2.05, 4.69) is 9.97 Å². The fourth-order valence-corrected chi connectivity index (χ4v) is 2.74. The molecule has 3 heterocycles. The maximum Gasteiger partial charge on any atom is 0.339 e. The van der Waals surface area contributed by atoms with Gasteiger partial charge in [0, 0.05) is 19.3 Å². The van der Waals surface area contributed by atoms with Crippen LogP contribution >= 0.6 is 0 Å². The number of carbonyl (C=O) groups excluding carboxylic acids is 1. The maximum atomic E-state index is 12.1. The first-order valence-electron chi connectivity index (χ1n) is 8.01. The maximum absolute atomic E-state index is 12.1. The standard InChI is InChI=1S/C16H19N3O5/c1-2-5-19-13-12(14(20)18-16(19)22)7-10(8-17-13)15(21)24-9-11-4-3-6-23-11/h7-8,11H,2-6,9H2,1H3,(H,18,20,22)/t11-/m0/s1. The fourth-order valence-electron chi connectivity index (χ4n) is 2.74. The SMILES string of the molecule is CCCn1c(=O)[nH]c(=O)c2cc(C(=O)OC[C@@H]3CCCO3)cnc21. The van der Waals surface area contributed by atoms with Crippen LogP contribution in [0.2, 0.25) is 0 Å². The van der Waals surface area contributed by atoms with E-state index in [9.17, 15) is 14.4 Å². The zero-order valence-electron chi connectivity index (χ0n) is 13.4. The third-order valence-corrected chi connectivity index (χ3v) is 3.94. The van der Waals surface area contributed by atoms with E-state index in [0.29, 0.717) is 19.6 Å². The molecule has 0 aliphatic carbocycles. The molecule has 128 valence electrons. The van der Waals surface area contributed by atoms with Crippen LogP contribution in [0.3, 0.4) is 0 Å². The Balaban J connectivity index is 1.89. The Kier molecular flexibility index (Phi) is 4.75. The number of pyridine rings is 1. The van der Waals surface area contributed by atoms with Crippen LogP contribution < -0.4 is 11.2 Å². The summed E-state index contributed by atoms with van der Waals surface area (Å²) in [5.41, 5.74) is -0.631. The van der Waals surface area contributed by atoms with Crippen LogP contribution in [-0.4, -0.2) is 39.8 Å². The van der Waals surface area contributed by atoms with Crippen molar-refractivity contribution in [2.75, 3.05) is 13.2 Å². The number of aromatic nitrogens is 3. The summed E-state index contributed by atoms with van der Waals surface area (Å²) in [5, 5.41) is 0.189. The summed E-state index contributed by atoms with van der Waals surface area (Å²) in [6.45, 7) is 3.22. The number of hydrogen-bond acceptors (Lipinski definition) is 6. The predicted octanol–water partition coefficient (Wildman–Crippen LogP) is 0.831. The van der Waals surface area contributed by atoms with Gasteiger partial charge < -0.3 is 9.47 Å². The molecule has 8 nitrogen and oxygen atoms in total. The van der Waals surface area contributed by atoms with E-state index < -0.39 is 17.2 Å². The monoisotopic (exact) mass is 333 g/mol. The Hall–Kier alpha value is -2.48. The lowest BCUT2D eigenvalue weighted by atomic mass is 10.2. The van der Waals surface area contributed by atoms with Crippen molar-refractivity contribution in [3.63, 3.8) is 0 Å². The van der Waals surface area contributed by atoms with Crippen LogP contribution in [0.4, 0.5) is 0 Å². The molecule has 2 aromatic rings. The minimum Gasteiger partial charge on any atom is -0.459 e. The molecule has 1 saturated heterocycles. The molecule has 8 heteroatoms. The number of carbonyl (C=O) groups is 1. The lowest BCUT2D eigenvalue weighted by molar-refractivity contribution is 0.0161. The topological polar surface area (TPSA) is 103 Å². The summed E-state index contributed by atoms with van der Waals surface area (Å²) >= 11 is 0. The van der Waals surface area contributed by atoms with E-state index in [-0.39, 0.29) is 29.3 Å².